The van der Waals surface area contributed by atoms with Crippen molar-refractivity contribution in [3.63, 3.8) is 0 Å². The molecule has 0 radical (unpaired) electrons. The van der Waals surface area contributed by atoms with Gasteiger partial charge in [0.15, 0.2) is 0 Å². The zero-order valence-electron chi connectivity index (χ0n) is 6.32. The smallest absolute Gasteiger partial charge is 0.475 e. The normalized spacial score (nSPS) is 14.1. The van der Waals surface area contributed by atoms with Gasteiger partial charge in [-0.05, 0) is 0 Å². The van der Waals surface area contributed by atoms with Crippen LogP contribution in [0.1, 0.15) is 0 Å². The highest BCUT2D eigenvalue weighted by Crippen LogP contribution is 2.33. The second kappa shape index (κ2) is 3.81. The maximum absolute atomic E-state index is 11.9. The topological polar surface area (TPSA) is 55.8 Å². The first-order valence-corrected chi connectivity index (χ1v) is 2.82. The van der Waals surface area contributed by atoms with E-state index >= 15 is 0 Å². The fourth-order valence-electron chi connectivity index (χ4n) is 0.348. The number of carboxylic acid groups (broad SMARTS) is 1. The summed E-state index contributed by atoms with van der Waals surface area (Å²) in [5.41, 5.74) is 0. The largest absolute Gasteiger partial charge is 0.529 e. The van der Waals surface area contributed by atoms with Crippen LogP contribution in [-0.4, -0.2) is 29.8 Å². The van der Waals surface area contributed by atoms with Crippen LogP contribution in [0.2, 0.25) is 0 Å². The molecule has 0 unspecified atom stereocenters. The lowest BCUT2D eigenvalue weighted by molar-refractivity contribution is -0.528. The summed E-state index contributed by atoms with van der Waals surface area (Å²) in [6.45, 7) is 0. The minimum absolute atomic E-state index is 1.81. The molecule has 15 heavy (non-hydrogen) atoms. The molecule has 0 spiro atoms. The average molecular weight is 246 g/mol. The van der Waals surface area contributed by atoms with Crippen molar-refractivity contribution < 1.29 is 50.1 Å². The minimum Gasteiger partial charge on any atom is -0.475 e. The van der Waals surface area contributed by atoms with Crippen molar-refractivity contribution in [2.75, 3.05) is 0 Å². The molecule has 0 saturated heterocycles. The van der Waals surface area contributed by atoms with Crippen LogP contribution in [0, 0.1) is 0 Å². The molecule has 0 aliphatic heterocycles. The molecule has 0 bridgehead atoms. The molecule has 0 atom stereocenters. The van der Waals surface area contributed by atoms with Gasteiger partial charge in [-0.25, -0.2) is 9.53 Å². The second-order valence-electron chi connectivity index (χ2n) is 1.94. The molecular weight excluding hydrogens is 245 g/mol. The zero-order chi connectivity index (χ0) is 12.5. The lowest BCUT2D eigenvalue weighted by Crippen LogP contribution is -2.43. The summed E-state index contributed by atoms with van der Waals surface area (Å²) < 4.78 is 84.8. The molecule has 0 saturated carbocycles. The molecular formula is C4HF7O4. The molecule has 90 valence electrons. The second-order valence-corrected chi connectivity index (χ2v) is 1.94. The lowest BCUT2D eigenvalue weighted by atomic mass is 10.6. The van der Waals surface area contributed by atoms with Gasteiger partial charge in [0.25, 0.3) is 0 Å². The van der Waals surface area contributed by atoms with Crippen molar-refractivity contribution in [2.24, 2.45) is 0 Å². The van der Waals surface area contributed by atoms with Crippen molar-refractivity contribution in [3.05, 3.63) is 0 Å². The Morgan fingerprint density at radius 1 is 0.933 bits per heavy atom. The van der Waals surface area contributed by atoms with Gasteiger partial charge in [0.05, 0.1) is 0 Å². The van der Waals surface area contributed by atoms with Crippen LogP contribution in [0.4, 0.5) is 30.7 Å². The number of hydrogen-bond acceptors (Lipinski definition) is 3. The molecule has 0 amide bonds. The van der Waals surface area contributed by atoms with E-state index in [0.29, 0.717) is 0 Å². The van der Waals surface area contributed by atoms with Gasteiger partial charge in [0.2, 0.25) is 0 Å². The van der Waals surface area contributed by atoms with E-state index in [2.05, 4.69) is 4.74 Å². The number of rotatable bonds is 4. The highest BCUT2D eigenvalue weighted by atomic mass is 19.4. The zero-order valence-corrected chi connectivity index (χ0v) is 6.32. The third-order valence-corrected chi connectivity index (χ3v) is 0.731. The fourth-order valence-corrected chi connectivity index (χ4v) is 0.348. The van der Waals surface area contributed by atoms with Crippen LogP contribution >= 0.6 is 0 Å². The van der Waals surface area contributed by atoms with Crippen molar-refractivity contribution >= 4 is 5.97 Å². The highest BCUT2D eigenvalue weighted by Gasteiger charge is 2.56. The van der Waals surface area contributed by atoms with Gasteiger partial charge in [-0.15, -0.1) is 22.0 Å². The SMILES string of the molecule is O=C(O)C(F)(F)OC(F)(F)OC(F)(F)F. The molecule has 0 aromatic rings. The van der Waals surface area contributed by atoms with Crippen molar-refractivity contribution in [1.82, 2.24) is 0 Å². The Morgan fingerprint density at radius 2 is 1.33 bits per heavy atom. The lowest BCUT2D eigenvalue weighted by Gasteiger charge is -2.20. The van der Waals surface area contributed by atoms with Crippen molar-refractivity contribution in [3.8, 4) is 0 Å². The number of halogens is 7. The van der Waals surface area contributed by atoms with Crippen LogP contribution in [0.3, 0.4) is 0 Å². The number of ether oxygens (including phenoxy) is 2. The molecule has 0 aromatic carbocycles. The maximum Gasteiger partial charge on any atom is 0.529 e. The highest BCUT2D eigenvalue weighted by molar-refractivity contribution is 5.73. The van der Waals surface area contributed by atoms with E-state index in [-0.39, 0.29) is 0 Å². The summed E-state index contributed by atoms with van der Waals surface area (Å²) >= 11 is 0. The Hall–Kier alpha value is -1.10. The van der Waals surface area contributed by atoms with E-state index in [9.17, 15) is 35.5 Å². The van der Waals surface area contributed by atoms with Crippen LogP contribution < -0.4 is 0 Å². The minimum atomic E-state index is -5.96. The van der Waals surface area contributed by atoms with Gasteiger partial charge in [0, 0.05) is 0 Å². The average Bonchev–Trinajstić information content (AvgIpc) is 1.75. The number of hydrogen-bond donors (Lipinski definition) is 1. The first kappa shape index (κ1) is 13.9. The Kier molecular flexibility index (Phi) is 3.53. The first-order valence-electron chi connectivity index (χ1n) is 2.82. The predicted octanol–water partition coefficient (Wildman–Crippen LogP) is 1.77. The molecule has 0 aromatic heterocycles. The third-order valence-electron chi connectivity index (χ3n) is 0.731. The van der Waals surface area contributed by atoms with Crippen LogP contribution in [-0.2, 0) is 14.3 Å². The predicted molar refractivity (Wildman–Crippen MR) is 25.8 cm³/mol. The Labute approximate surface area is 76.2 Å². The number of carboxylic acids is 1. The van der Waals surface area contributed by atoms with Gasteiger partial charge in [-0.3, -0.25) is 0 Å². The maximum atomic E-state index is 11.9. The summed E-state index contributed by atoms with van der Waals surface area (Å²) in [7, 11) is 0. The quantitative estimate of drug-likeness (QED) is 0.606. The Balaban J connectivity index is 4.58. The van der Waals surface area contributed by atoms with E-state index in [4.69, 9.17) is 5.11 Å². The molecule has 0 aliphatic carbocycles. The van der Waals surface area contributed by atoms with Crippen LogP contribution in [0.5, 0.6) is 0 Å². The Morgan fingerprint density at radius 3 is 1.60 bits per heavy atom. The van der Waals surface area contributed by atoms with Gasteiger partial charge < -0.3 is 5.11 Å². The summed E-state index contributed by atoms with van der Waals surface area (Å²) in [6.07, 6.45) is -17.3. The molecule has 0 rings (SSSR count). The fraction of sp³-hybridized carbons (Fsp3) is 0.750. The van der Waals surface area contributed by atoms with E-state index in [1.807, 2.05) is 4.74 Å². The summed E-state index contributed by atoms with van der Waals surface area (Å²) in [6, 6.07) is 0. The third kappa shape index (κ3) is 5.37. The van der Waals surface area contributed by atoms with Crippen molar-refractivity contribution in [1.29, 1.82) is 0 Å². The number of aliphatic carboxylic acids is 1. The Bertz CT molecular complexity index is 246. The van der Waals surface area contributed by atoms with Crippen molar-refractivity contribution in [2.45, 2.75) is 18.8 Å². The van der Waals surface area contributed by atoms with Gasteiger partial charge in [-0.2, -0.15) is 13.5 Å². The molecule has 1 N–H and O–H groups in total. The van der Waals surface area contributed by atoms with Gasteiger partial charge in [0.1, 0.15) is 0 Å². The van der Waals surface area contributed by atoms with E-state index in [1.165, 1.54) is 0 Å². The number of carbonyl (C=O) groups is 1. The molecule has 11 heteroatoms. The molecule has 0 aliphatic rings. The summed E-state index contributed by atoms with van der Waals surface area (Å²) in [5.74, 6) is -3.19. The monoisotopic (exact) mass is 246 g/mol. The van der Waals surface area contributed by atoms with Crippen LogP contribution in [0.15, 0.2) is 0 Å². The standard InChI is InChI=1S/C4HF7O4/c5-2(6,1(12)13)14-4(10,11)15-3(7,8)9/h(H,12,13). The summed E-state index contributed by atoms with van der Waals surface area (Å²) in [4.78, 5) is 9.52. The summed E-state index contributed by atoms with van der Waals surface area (Å²) in [5, 5.41) is 7.56. The molecule has 0 fully saturated rings. The van der Waals surface area contributed by atoms with E-state index < -0.39 is 24.7 Å². The van der Waals surface area contributed by atoms with Gasteiger partial charge in [-0.1, -0.05) is 0 Å². The van der Waals surface area contributed by atoms with Gasteiger partial charge >= 0.3 is 24.7 Å². The van der Waals surface area contributed by atoms with Crippen LogP contribution in [0.25, 0.3) is 0 Å². The molecule has 4 nitrogen and oxygen atoms in total. The first-order chi connectivity index (χ1) is 6.36. The van der Waals surface area contributed by atoms with E-state index in [0.717, 1.165) is 0 Å². The van der Waals surface area contributed by atoms with E-state index in [1.54, 1.807) is 0 Å². The number of alkyl halides is 7. The molecule has 0 heterocycles.